The van der Waals surface area contributed by atoms with E-state index in [0.717, 1.165) is 30.5 Å². The lowest BCUT2D eigenvalue weighted by Gasteiger charge is -2.37. The summed E-state index contributed by atoms with van der Waals surface area (Å²) in [5.74, 6) is 8.20. The molecule has 0 aromatic heterocycles. The number of aliphatic hydroxyl groups excluding tert-OH is 1. The van der Waals surface area contributed by atoms with Crippen molar-refractivity contribution in [1.82, 2.24) is 4.90 Å². The molecule has 1 saturated carbocycles. The first kappa shape index (κ1) is 23.3. The minimum atomic E-state index is -0.132. The average molecular weight is 433 g/mol. The topological polar surface area (TPSA) is 23.5 Å². The molecule has 4 rings (SSSR count). The Kier molecular flexibility index (Phi) is 8.76. The van der Waals surface area contributed by atoms with Crippen LogP contribution in [0.4, 0.5) is 0 Å². The van der Waals surface area contributed by atoms with E-state index in [2.05, 4.69) is 84.9 Å². The third-order valence-electron chi connectivity index (χ3n) is 5.96. The van der Waals surface area contributed by atoms with E-state index in [4.69, 9.17) is 0 Å². The lowest BCUT2D eigenvalue weighted by Crippen LogP contribution is -2.42. The van der Waals surface area contributed by atoms with E-state index in [1.807, 2.05) is 48.5 Å². The highest BCUT2D eigenvalue weighted by Crippen LogP contribution is 2.31. The van der Waals surface area contributed by atoms with Crippen molar-refractivity contribution in [3.63, 3.8) is 0 Å². The molecule has 0 amide bonds. The lowest BCUT2D eigenvalue weighted by atomic mass is 9.96. The number of hydrogen-bond acceptors (Lipinski definition) is 2. The van der Waals surface area contributed by atoms with Crippen LogP contribution in [0.15, 0.2) is 91.0 Å². The van der Waals surface area contributed by atoms with Crippen LogP contribution in [0, 0.1) is 43.4 Å². The number of benzene rings is 3. The van der Waals surface area contributed by atoms with Crippen LogP contribution >= 0.6 is 0 Å². The van der Waals surface area contributed by atoms with Gasteiger partial charge in [0.05, 0.1) is 18.7 Å². The molecular weight excluding hydrogens is 402 g/mol. The molecular formula is C31H30NO. The first-order chi connectivity index (χ1) is 16.3. The molecule has 2 nitrogen and oxygen atoms in total. The van der Waals surface area contributed by atoms with Crippen molar-refractivity contribution in [2.45, 2.75) is 24.9 Å². The molecule has 0 aliphatic heterocycles. The summed E-state index contributed by atoms with van der Waals surface area (Å²) in [6.07, 6.45) is 10.2. The molecule has 0 unspecified atom stereocenters. The zero-order valence-corrected chi connectivity index (χ0v) is 18.8. The van der Waals surface area contributed by atoms with Gasteiger partial charge in [0.15, 0.2) is 0 Å². The molecule has 5 radical (unpaired) electrons. The molecule has 0 heterocycles. The van der Waals surface area contributed by atoms with E-state index in [1.165, 1.54) is 11.5 Å². The maximum Gasteiger partial charge on any atom is 0.0727 e. The largest absolute Gasteiger partial charge is 0.394 e. The van der Waals surface area contributed by atoms with Gasteiger partial charge in [0.1, 0.15) is 0 Å². The molecule has 2 atom stereocenters. The maximum absolute atomic E-state index is 10.5. The summed E-state index contributed by atoms with van der Waals surface area (Å²) >= 11 is 0. The van der Waals surface area contributed by atoms with Gasteiger partial charge in [0.25, 0.3) is 0 Å². The highest BCUT2D eigenvalue weighted by molar-refractivity contribution is 5.38. The second-order valence-corrected chi connectivity index (χ2v) is 8.25. The molecule has 1 N–H and O–H groups in total. The van der Waals surface area contributed by atoms with Crippen molar-refractivity contribution < 1.29 is 5.11 Å². The number of nitrogens with zero attached hydrogens (tertiary/aromatic N) is 1. The van der Waals surface area contributed by atoms with Gasteiger partial charge in [-0.15, -0.1) is 0 Å². The summed E-state index contributed by atoms with van der Waals surface area (Å²) in [5.41, 5.74) is 3.42. The fourth-order valence-electron chi connectivity index (χ4n) is 4.20. The zero-order valence-electron chi connectivity index (χ0n) is 18.8. The summed E-state index contributed by atoms with van der Waals surface area (Å²) in [6, 6.07) is 30.8. The zero-order chi connectivity index (χ0) is 22.7. The Morgan fingerprint density at radius 3 is 2.00 bits per heavy atom. The first-order valence-corrected chi connectivity index (χ1v) is 11.6. The first-order valence-electron chi connectivity index (χ1n) is 11.6. The molecule has 1 aliphatic carbocycles. The Morgan fingerprint density at radius 2 is 1.36 bits per heavy atom. The van der Waals surface area contributed by atoms with Crippen LogP contribution in [-0.2, 0) is 6.42 Å². The Morgan fingerprint density at radius 1 is 0.758 bits per heavy atom. The van der Waals surface area contributed by atoms with Gasteiger partial charge < -0.3 is 5.11 Å². The van der Waals surface area contributed by atoms with Gasteiger partial charge in [-0.2, -0.15) is 0 Å². The monoisotopic (exact) mass is 432 g/mol. The van der Waals surface area contributed by atoms with Crippen molar-refractivity contribution in [3.8, 4) is 11.8 Å². The number of hydrogen-bond donors (Lipinski definition) is 1. The Hall–Kier alpha value is -2.86. The van der Waals surface area contributed by atoms with Crippen LogP contribution in [0.3, 0.4) is 0 Å². The Labute approximate surface area is 199 Å². The smallest absolute Gasteiger partial charge is 0.0727 e. The SMILES string of the molecule is OC[C@@H](c1ccccc1)N(C[C]1[CH][CH][CH][CH]1)[C@@H](C#Cc1ccccc1)CCc1ccccc1. The summed E-state index contributed by atoms with van der Waals surface area (Å²) in [5, 5.41) is 10.5. The number of aliphatic hydroxyl groups is 1. The number of rotatable bonds is 9. The van der Waals surface area contributed by atoms with Gasteiger partial charge >= 0.3 is 0 Å². The summed E-state index contributed by atoms with van der Waals surface area (Å²) in [6.45, 7) is 0.773. The van der Waals surface area contributed by atoms with Crippen molar-refractivity contribution in [2.24, 2.45) is 0 Å². The quantitative estimate of drug-likeness (QED) is 0.453. The fraction of sp³-hybridized carbons (Fsp3) is 0.194. The van der Waals surface area contributed by atoms with E-state index in [9.17, 15) is 5.11 Å². The summed E-state index contributed by atoms with van der Waals surface area (Å²) < 4.78 is 0. The maximum atomic E-state index is 10.5. The molecule has 1 aliphatic rings. The normalized spacial score (nSPS) is 15.7. The van der Waals surface area contributed by atoms with E-state index >= 15 is 0 Å². The third kappa shape index (κ3) is 6.81. The fourth-order valence-corrected chi connectivity index (χ4v) is 4.20. The molecule has 2 heteroatoms. The minimum absolute atomic E-state index is 0.0160. The molecule has 3 aromatic carbocycles. The molecule has 1 fully saturated rings. The van der Waals surface area contributed by atoms with E-state index < -0.39 is 0 Å². The van der Waals surface area contributed by atoms with Gasteiger partial charge in [-0.3, -0.25) is 4.90 Å². The molecule has 165 valence electrons. The van der Waals surface area contributed by atoms with Crippen LogP contribution < -0.4 is 0 Å². The molecule has 0 bridgehead atoms. The van der Waals surface area contributed by atoms with Crippen molar-refractivity contribution >= 4 is 0 Å². The van der Waals surface area contributed by atoms with Gasteiger partial charge in [0, 0.05) is 12.1 Å². The van der Waals surface area contributed by atoms with Gasteiger partial charge in [-0.1, -0.05) is 90.7 Å². The Balaban J connectivity index is 1.66. The highest BCUT2D eigenvalue weighted by Gasteiger charge is 2.30. The van der Waals surface area contributed by atoms with Crippen molar-refractivity contribution in [1.29, 1.82) is 0 Å². The van der Waals surface area contributed by atoms with Gasteiger partial charge in [0.2, 0.25) is 0 Å². The second-order valence-electron chi connectivity index (χ2n) is 8.25. The minimum Gasteiger partial charge on any atom is -0.394 e. The predicted octanol–water partition coefficient (Wildman–Crippen LogP) is 5.48. The van der Waals surface area contributed by atoms with Crippen molar-refractivity contribution in [2.75, 3.05) is 13.2 Å². The standard InChI is InChI=1S/C31H30NO/c33-25-31(29-18-8-3-9-19-29)32(24-28-16-10-11-17-28)30(22-20-26-12-4-1-5-13-26)23-21-27-14-6-2-7-15-27/h1-19,30-31,33H,20,22,24-25H2/t30-,31+/m1/s1. The molecule has 0 spiro atoms. The van der Waals surface area contributed by atoms with Crippen LogP contribution in [0.25, 0.3) is 0 Å². The van der Waals surface area contributed by atoms with E-state index in [1.54, 1.807) is 0 Å². The summed E-state index contributed by atoms with van der Waals surface area (Å²) in [7, 11) is 0. The van der Waals surface area contributed by atoms with Crippen LogP contribution in [0.5, 0.6) is 0 Å². The average Bonchev–Trinajstić information content (AvgIpc) is 3.39. The third-order valence-corrected chi connectivity index (χ3v) is 5.96. The van der Waals surface area contributed by atoms with Crippen LogP contribution in [-0.4, -0.2) is 29.2 Å². The van der Waals surface area contributed by atoms with Crippen LogP contribution in [0.1, 0.15) is 29.2 Å². The van der Waals surface area contributed by atoms with Gasteiger partial charge in [-0.05, 0) is 67.7 Å². The lowest BCUT2D eigenvalue weighted by molar-refractivity contribution is 0.105. The number of aryl methyl sites for hydroxylation is 1. The van der Waals surface area contributed by atoms with Crippen molar-refractivity contribution in [3.05, 3.63) is 139 Å². The second kappa shape index (κ2) is 12.4. The van der Waals surface area contributed by atoms with Crippen LogP contribution in [0.2, 0.25) is 0 Å². The highest BCUT2D eigenvalue weighted by atomic mass is 16.3. The Bertz CT molecular complexity index is 1000. The van der Waals surface area contributed by atoms with Gasteiger partial charge in [-0.25, -0.2) is 0 Å². The summed E-state index contributed by atoms with van der Waals surface area (Å²) in [4.78, 5) is 2.36. The molecule has 33 heavy (non-hydrogen) atoms. The molecule has 3 aromatic rings. The van der Waals surface area contributed by atoms with E-state index in [-0.39, 0.29) is 18.7 Å². The predicted molar refractivity (Wildman–Crippen MR) is 135 cm³/mol. The molecule has 0 saturated heterocycles. The van der Waals surface area contributed by atoms with E-state index in [0.29, 0.717) is 0 Å².